The van der Waals surface area contributed by atoms with Crippen LogP contribution in [0, 0.1) is 0 Å². The molecule has 24 heavy (non-hydrogen) atoms. The normalized spacial score (nSPS) is 17.8. The molecule has 7 nitrogen and oxygen atoms in total. The van der Waals surface area contributed by atoms with Crippen LogP contribution >= 0.6 is 11.6 Å². The molecule has 4 heterocycles. The van der Waals surface area contributed by atoms with Crippen molar-refractivity contribution in [1.29, 1.82) is 0 Å². The number of rotatable bonds is 2. The second-order valence-corrected chi connectivity index (χ2v) is 6.22. The van der Waals surface area contributed by atoms with E-state index in [1.54, 1.807) is 47.1 Å². The fourth-order valence-electron chi connectivity index (χ4n) is 2.95. The lowest BCUT2D eigenvalue weighted by Crippen LogP contribution is -2.37. The van der Waals surface area contributed by atoms with Crippen LogP contribution in [0.5, 0.6) is 0 Å². The highest BCUT2D eigenvalue weighted by Gasteiger charge is 2.27. The average molecular weight is 346 g/mol. The number of fused-ring (bicyclic) bond motifs is 2. The Labute approximate surface area is 143 Å². The highest BCUT2D eigenvalue weighted by Crippen LogP contribution is 2.17. The summed E-state index contributed by atoms with van der Waals surface area (Å²) in [5, 5.41) is 4.88. The molecule has 3 aromatic rings. The first-order chi connectivity index (χ1) is 11.6. The number of amides is 1. The number of nitrogens with zero attached hydrogens (tertiary/aromatic N) is 5. The van der Waals surface area contributed by atoms with Gasteiger partial charge in [0.1, 0.15) is 11.3 Å². The molecule has 1 amide bonds. The quantitative estimate of drug-likeness (QED) is 0.711. The maximum Gasteiger partial charge on any atom is 0.274 e. The summed E-state index contributed by atoms with van der Waals surface area (Å²) in [5.74, 6) is -0.133. The van der Waals surface area contributed by atoms with Crippen LogP contribution in [-0.2, 0) is 17.8 Å². The maximum atomic E-state index is 12.9. The topological polar surface area (TPSA) is 64.7 Å². The second kappa shape index (κ2) is 5.92. The summed E-state index contributed by atoms with van der Waals surface area (Å²) in [6, 6.07) is 5.46. The van der Waals surface area contributed by atoms with E-state index in [1.165, 1.54) is 0 Å². The van der Waals surface area contributed by atoms with Crippen LogP contribution in [0.15, 0.2) is 36.8 Å². The first-order valence-corrected chi connectivity index (χ1v) is 7.99. The van der Waals surface area contributed by atoms with Crippen molar-refractivity contribution in [2.75, 3.05) is 13.7 Å². The van der Waals surface area contributed by atoms with Gasteiger partial charge in [0.2, 0.25) is 0 Å². The summed E-state index contributed by atoms with van der Waals surface area (Å²) in [4.78, 5) is 19.1. The van der Waals surface area contributed by atoms with E-state index in [0.29, 0.717) is 36.0 Å². The monoisotopic (exact) mass is 345 g/mol. The van der Waals surface area contributed by atoms with Gasteiger partial charge in [-0.1, -0.05) is 11.6 Å². The summed E-state index contributed by atoms with van der Waals surface area (Å²) in [5.41, 5.74) is 2.06. The molecule has 3 aromatic heterocycles. The predicted octanol–water partition coefficient (Wildman–Crippen LogP) is 1.86. The van der Waals surface area contributed by atoms with E-state index in [2.05, 4.69) is 10.1 Å². The van der Waals surface area contributed by atoms with Gasteiger partial charge in [-0.15, -0.1) is 0 Å². The lowest BCUT2D eigenvalue weighted by atomic mass is 10.3. The van der Waals surface area contributed by atoms with E-state index in [4.69, 9.17) is 16.3 Å². The second-order valence-electron chi connectivity index (χ2n) is 5.79. The number of pyridine rings is 1. The van der Waals surface area contributed by atoms with Crippen LogP contribution in [0.1, 0.15) is 16.2 Å². The number of methoxy groups -OCH3 is 1. The SMILES string of the molecule is COC1CN(C(=O)c2cn3cc(Cl)ccc3n2)Cc2ccnn2C1. The molecule has 0 N–H and O–H groups in total. The van der Waals surface area contributed by atoms with Crippen LogP contribution in [0.2, 0.25) is 5.02 Å². The number of carbonyl (C=O) groups is 1. The molecule has 0 bridgehead atoms. The number of halogens is 1. The number of hydrogen-bond acceptors (Lipinski definition) is 4. The van der Waals surface area contributed by atoms with Gasteiger partial charge in [-0.25, -0.2) is 4.98 Å². The summed E-state index contributed by atoms with van der Waals surface area (Å²) >= 11 is 5.99. The molecule has 0 fully saturated rings. The van der Waals surface area contributed by atoms with Crippen LogP contribution in [-0.4, -0.2) is 49.7 Å². The number of carbonyl (C=O) groups excluding carboxylic acids is 1. The molecule has 8 heteroatoms. The van der Waals surface area contributed by atoms with Crippen molar-refractivity contribution < 1.29 is 9.53 Å². The van der Waals surface area contributed by atoms with Crippen LogP contribution in [0.4, 0.5) is 0 Å². The van der Waals surface area contributed by atoms with E-state index in [1.807, 2.05) is 10.7 Å². The average Bonchev–Trinajstić information content (AvgIpc) is 3.15. The minimum Gasteiger partial charge on any atom is -0.378 e. The Morgan fingerprint density at radius 2 is 2.17 bits per heavy atom. The molecule has 4 rings (SSSR count). The van der Waals surface area contributed by atoms with Gasteiger partial charge in [0.05, 0.1) is 29.9 Å². The van der Waals surface area contributed by atoms with Crippen LogP contribution in [0.3, 0.4) is 0 Å². The molecule has 1 aliphatic rings. The van der Waals surface area contributed by atoms with Crippen molar-refractivity contribution in [3.05, 3.63) is 53.2 Å². The Hall–Kier alpha value is -2.38. The van der Waals surface area contributed by atoms with E-state index < -0.39 is 0 Å². The molecule has 0 aliphatic carbocycles. The lowest BCUT2D eigenvalue weighted by Gasteiger charge is -2.22. The standard InChI is InChI=1S/C16H16ClN5O2/c1-24-13-8-21(7-12-4-5-18-22(12)9-13)16(23)14-10-20-6-11(17)2-3-15(20)19-14/h2-6,10,13H,7-9H2,1H3. The van der Waals surface area contributed by atoms with Crippen molar-refractivity contribution in [3.8, 4) is 0 Å². The molecule has 1 atom stereocenters. The van der Waals surface area contributed by atoms with Gasteiger partial charge in [-0.3, -0.25) is 9.48 Å². The summed E-state index contributed by atoms with van der Waals surface area (Å²) in [7, 11) is 1.65. The Bertz CT molecular complexity index is 903. The summed E-state index contributed by atoms with van der Waals surface area (Å²) in [6.07, 6.45) is 5.06. The van der Waals surface area contributed by atoms with Gasteiger partial charge >= 0.3 is 0 Å². The van der Waals surface area contributed by atoms with Crippen molar-refractivity contribution in [1.82, 2.24) is 24.1 Å². The predicted molar refractivity (Wildman–Crippen MR) is 88.0 cm³/mol. The van der Waals surface area contributed by atoms with Crippen molar-refractivity contribution in [2.45, 2.75) is 19.2 Å². The lowest BCUT2D eigenvalue weighted by molar-refractivity contribution is 0.0447. The molecule has 0 spiro atoms. The molecule has 0 saturated heterocycles. The minimum atomic E-state index is -0.133. The summed E-state index contributed by atoms with van der Waals surface area (Å²) < 4.78 is 9.13. The van der Waals surface area contributed by atoms with Gasteiger partial charge < -0.3 is 14.0 Å². The molecule has 1 unspecified atom stereocenters. The molecule has 124 valence electrons. The van der Waals surface area contributed by atoms with E-state index in [0.717, 1.165) is 5.69 Å². The zero-order chi connectivity index (χ0) is 16.7. The first-order valence-electron chi connectivity index (χ1n) is 7.61. The Morgan fingerprint density at radius 1 is 1.29 bits per heavy atom. The van der Waals surface area contributed by atoms with Crippen molar-refractivity contribution in [3.63, 3.8) is 0 Å². The van der Waals surface area contributed by atoms with Gasteiger partial charge in [0.15, 0.2) is 0 Å². The number of hydrogen-bond donors (Lipinski definition) is 0. The largest absolute Gasteiger partial charge is 0.378 e. The molecular weight excluding hydrogens is 330 g/mol. The third-order valence-electron chi connectivity index (χ3n) is 4.21. The highest BCUT2D eigenvalue weighted by molar-refractivity contribution is 6.30. The number of imidazole rings is 1. The smallest absolute Gasteiger partial charge is 0.274 e. The van der Waals surface area contributed by atoms with Gasteiger partial charge in [-0.05, 0) is 18.2 Å². The molecule has 1 aliphatic heterocycles. The van der Waals surface area contributed by atoms with E-state index in [9.17, 15) is 4.79 Å². The Morgan fingerprint density at radius 3 is 3.00 bits per heavy atom. The fourth-order valence-corrected chi connectivity index (χ4v) is 3.12. The van der Waals surface area contributed by atoms with Gasteiger partial charge in [0.25, 0.3) is 5.91 Å². The van der Waals surface area contributed by atoms with Crippen LogP contribution < -0.4 is 0 Å². The maximum absolute atomic E-state index is 12.9. The third-order valence-corrected chi connectivity index (χ3v) is 4.44. The zero-order valence-corrected chi connectivity index (χ0v) is 13.8. The highest BCUT2D eigenvalue weighted by atomic mass is 35.5. The Kier molecular flexibility index (Phi) is 3.74. The molecule has 0 saturated carbocycles. The molecule has 0 radical (unpaired) electrons. The van der Waals surface area contributed by atoms with E-state index >= 15 is 0 Å². The van der Waals surface area contributed by atoms with Crippen molar-refractivity contribution in [2.24, 2.45) is 0 Å². The van der Waals surface area contributed by atoms with E-state index in [-0.39, 0.29) is 12.0 Å². The van der Waals surface area contributed by atoms with Gasteiger partial charge in [-0.2, -0.15) is 5.10 Å². The zero-order valence-electron chi connectivity index (χ0n) is 13.1. The number of aromatic nitrogens is 4. The van der Waals surface area contributed by atoms with Crippen LogP contribution in [0.25, 0.3) is 5.65 Å². The third kappa shape index (κ3) is 2.65. The summed E-state index contributed by atoms with van der Waals surface area (Å²) in [6.45, 7) is 1.60. The van der Waals surface area contributed by atoms with Crippen molar-refractivity contribution >= 4 is 23.2 Å². The first kappa shape index (κ1) is 15.2. The minimum absolute atomic E-state index is 0.110. The molecular formula is C16H16ClN5O2. The molecule has 0 aromatic carbocycles. The Balaban J connectivity index is 1.66. The number of ether oxygens (including phenoxy) is 1. The van der Waals surface area contributed by atoms with Gasteiger partial charge in [0, 0.05) is 32.2 Å². The fraction of sp³-hybridized carbons (Fsp3) is 0.312.